The average Bonchev–Trinajstić information content (AvgIpc) is 2.41. The van der Waals surface area contributed by atoms with Crippen LogP contribution in [-0.2, 0) is 4.74 Å². The zero-order valence-electron chi connectivity index (χ0n) is 11.2. The summed E-state index contributed by atoms with van der Waals surface area (Å²) in [7, 11) is 0. The Morgan fingerprint density at radius 3 is 2.22 bits per heavy atom. The highest BCUT2D eigenvalue weighted by molar-refractivity contribution is 7.80. The van der Waals surface area contributed by atoms with Crippen molar-refractivity contribution in [1.29, 1.82) is 0 Å². The molecule has 0 spiro atoms. The predicted octanol–water partition coefficient (Wildman–Crippen LogP) is 4.10. The molecule has 0 radical (unpaired) electrons. The maximum absolute atomic E-state index is 5.79. The van der Waals surface area contributed by atoms with Gasteiger partial charge < -0.3 is 10.1 Å². The van der Waals surface area contributed by atoms with Gasteiger partial charge in [0, 0.05) is 18.3 Å². The summed E-state index contributed by atoms with van der Waals surface area (Å²) >= 11 is 5.25. The second-order valence-electron chi connectivity index (χ2n) is 5.53. The Hall–Kier alpha value is -0.570. The SMILES string of the molecule is S=C(C=CNC1CCCCC1)OC1CCCCC1. The topological polar surface area (TPSA) is 21.3 Å². The van der Waals surface area contributed by atoms with Crippen LogP contribution in [0.5, 0.6) is 0 Å². The summed E-state index contributed by atoms with van der Waals surface area (Å²) in [6, 6.07) is 0.646. The van der Waals surface area contributed by atoms with E-state index < -0.39 is 0 Å². The van der Waals surface area contributed by atoms with Gasteiger partial charge in [-0.15, -0.1) is 0 Å². The van der Waals surface area contributed by atoms with Gasteiger partial charge in [0.1, 0.15) is 0 Å². The van der Waals surface area contributed by atoms with Gasteiger partial charge in [0.25, 0.3) is 0 Å². The van der Waals surface area contributed by atoms with Gasteiger partial charge in [-0.2, -0.15) is 0 Å². The fraction of sp³-hybridized carbons (Fsp3) is 0.800. The number of ether oxygens (including phenoxy) is 1. The highest BCUT2D eigenvalue weighted by Crippen LogP contribution is 2.21. The van der Waals surface area contributed by atoms with E-state index >= 15 is 0 Å². The number of thiocarbonyl (C=S) groups is 1. The van der Waals surface area contributed by atoms with Crippen molar-refractivity contribution < 1.29 is 4.74 Å². The van der Waals surface area contributed by atoms with E-state index in [0.29, 0.717) is 17.2 Å². The van der Waals surface area contributed by atoms with Crippen LogP contribution >= 0.6 is 12.2 Å². The zero-order valence-corrected chi connectivity index (χ0v) is 12.0. The highest BCUT2D eigenvalue weighted by atomic mass is 32.1. The van der Waals surface area contributed by atoms with Crippen LogP contribution in [0.3, 0.4) is 0 Å². The summed E-state index contributed by atoms with van der Waals surface area (Å²) in [5, 5.41) is 4.09. The van der Waals surface area contributed by atoms with Gasteiger partial charge in [-0.3, -0.25) is 0 Å². The minimum Gasteiger partial charge on any atom is -0.480 e. The predicted molar refractivity (Wildman–Crippen MR) is 79.7 cm³/mol. The normalized spacial score (nSPS) is 23.1. The van der Waals surface area contributed by atoms with E-state index in [1.165, 1.54) is 64.2 Å². The summed E-state index contributed by atoms with van der Waals surface area (Å²) in [5.74, 6) is 0. The van der Waals surface area contributed by atoms with Crippen LogP contribution < -0.4 is 5.32 Å². The van der Waals surface area contributed by atoms with E-state index in [1.807, 2.05) is 12.3 Å². The summed E-state index contributed by atoms with van der Waals surface area (Å²) in [6.45, 7) is 0. The molecule has 2 fully saturated rings. The molecule has 3 heteroatoms. The van der Waals surface area contributed by atoms with Crippen LogP contribution in [0.15, 0.2) is 12.3 Å². The quantitative estimate of drug-likeness (QED) is 0.612. The van der Waals surface area contributed by atoms with Gasteiger partial charge in [-0.05, 0) is 50.7 Å². The number of hydrogen-bond donors (Lipinski definition) is 1. The Morgan fingerprint density at radius 1 is 0.944 bits per heavy atom. The van der Waals surface area contributed by atoms with Crippen LogP contribution in [0.25, 0.3) is 0 Å². The summed E-state index contributed by atoms with van der Waals surface area (Å²) < 4.78 is 5.79. The third-order valence-corrected chi connectivity index (χ3v) is 4.22. The van der Waals surface area contributed by atoms with Gasteiger partial charge in [0.05, 0.1) is 6.10 Å². The molecule has 2 saturated carbocycles. The van der Waals surface area contributed by atoms with E-state index in [0.717, 1.165) is 0 Å². The Kier molecular flexibility index (Phi) is 5.98. The van der Waals surface area contributed by atoms with Gasteiger partial charge in [0.15, 0.2) is 5.05 Å². The third kappa shape index (κ3) is 4.97. The van der Waals surface area contributed by atoms with Crippen LogP contribution in [0.1, 0.15) is 64.2 Å². The smallest absolute Gasteiger partial charge is 0.185 e. The molecule has 2 aliphatic carbocycles. The molecule has 0 heterocycles. The van der Waals surface area contributed by atoms with Crippen molar-refractivity contribution in [3.05, 3.63) is 12.3 Å². The molecule has 0 atom stereocenters. The fourth-order valence-corrected chi connectivity index (χ4v) is 3.11. The molecule has 0 aromatic rings. The Labute approximate surface area is 116 Å². The van der Waals surface area contributed by atoms with Gasteiger partial charge in [-0.25, -0.2) is 0 Å². The molecular formula is C15H25NOS. The third-order valence-electron chi connectivity index (χ3n) is 3.99. The van der Waals surface area contributed by atoms with Crippen LogP contribution in [0.4, 0.5) is 0 Å². The van der Waals surface area contributed by atoms with Gasteiger partial charge in [0.2, 0.25) is 0 Å². The molecule has 102 valence electrons. The fourth-order valence-electron chi connectivity index (χ4n) is 2.91. The first-order valence-electron chi connectivity index (χ1n) is 7.48. The van der Waals surface area contributed by atoms with Crippen molar-refractivity contribution in [2.75, 3.05) is 0 Å². The second kappa shape index (κ2) is 7.78. The van der Waals surface area contributed by atoms with Crippen molar-refractivity contribution in [3.63, 3.8) is 0 Å². The lowest BCUT2D eigenvalue weighted by atomic mass is 9.96. The average molecular weight is 267 g/mol. The van der Waals surface area contributed by atoms with Crippen molar-refractivity contribution in [3.8, 4) is 0 Å². The maximum Gasteiger partial charge on any atom is 0.185 e. The number of rotatable bonds is 4. The first kappa shape index (κ1) is 13.9. The molecular weight excluding hydrogens is 242 g/mol. The van der Waals surface area contributed by atoms with E-state index in [9.17, 15) is 0 Å². The van der Waals surface area contributed by atoms with E-state index in [-0.39, 0.29) is 0 Å². The summed E-state index contributed by atoms with van der Waals surface area (Å²) in [5.41, 5.74) is 0. The number of nitrogens with one attached hydrogen (secondary N) is 1. The largest absolute Gasteiger partial charge is 0.480 e. The lowest BCUT2D eigenvalue weighted by molar-refractivity contribution is 0.149. The van der Waals surface area contributed by atoms with E-state index in [4.69, 9.17) is 17.0 Å². The van der Waals surface area contributed by atoms with Crippen molar-refractivity contribution in [2.45, 2.75) is 76.4 Å². The molecule has 2 nitrogen and oxygen atoms in total. The first-order valence-corrected chi connectivity index (χ1v) is 7.88. The minimum atomic E-state index is 0.366. The molecule has 18 heavy (non-hydrogen) atoms. The van der Waals surface area contributed by atoms with Crippen molar-refractivity contribution in [2.24, 2.45) is 0 Å². The van der Waals surface area contributed by atoms with Crippen molar-refractivity contribution in [1.82, 2.24) is 5.32 Å². The number of hydrogen-bond acceptors (Lipinski definition) is 3. The zero-order chi connectivity index (χ0) is 12.6. The molecule has 2 aliphatic rings. The van der Waals surface area contributed by atoms with E-state index in [1.54, 1.807) is 0 Å². The first-order chi connectivity index (χ1) is 8.84. The van der Waals surface area contributed by atoms with Gasteiger partial charge in [-0.1, -0.05) is 25.7 Å². The van der Waals surface area contributed by atoms with Crippen LogP contribution in [0.2, 0.25) is 0 Å². The molecule has 0 aliphatic heterocycles. The van der Waals surface area contributed by atoms with Crippen molar-refractivity contribution >= 4 is 17.3 Å². The maximum atomic E-state index is 5.79. The molecule has 0 amide bonds. The molecule has 0 aromatic heterocycles. The molecule has 0 unspecified atom stereocenters. The Morgan fingerprint density at radius 2 is 1.56 bits per heavy atom. The molecule has 0 saturated heterocycles. The summed E-state index contributed by atoms with van der Waals surface area (Å²) in [4.78, 5) is 0. The highest BCUT2D eigenvalue weighted by Gasteiger charge is 2.15. The Balaban J connectivity index is 1.63. The molecule has 1 N–H and O–H groups in total. The summed E-state index contributed by atoms with van der Waals surface area (Å²) in [6.07, 6.45) is 17.2. The molecule has 0 aromatic carbocycles. The monoisotopic (exact) mass is 267 g/mol. The molecule has 0 bridgehead atoms. The van der Waals surface area contributed by atoms with E-state index in [2.05, 4.69) is 5.32 Å². The van der Waals surface area contributed by atoms with Crippen LogP contribution in [0, 0.1) is 0 Å². The lowest BCUT2D eigenvalue weighted by Crippen LogP contribution is -2.26. The second-order valence-corrected chi connectivity index (χ2v) is 5.93. The minimum absolute atomic E-state index is 0.366. The molecule has 2 rings (SSSR count). The standard InChI is InChI=1S/C15H25NOS/c18-15(17-14-9-5-2-6-10-14)11-12-16-13-7-3-1-4-8-13/h11-14,16H,1-10H2. The van der Waals surface area contributed by atoms with Gasteiger partial charge >= 0.3 is 0 Å². The lowest BCUT2D eigenvalue weighted by Gasteiger charge is -2.23. The Bertz CT molecular complexity index is 278. The van der Waals surface area contributed by atoms with Crippen LogP contribution in [-0.4, -0.2) is 17.2 Å².